The van der Waals surface area contributed by atoms with Gasteiger partial charge in [-0.05, 0) is 38.5 Å². The van der Waals surface area contributed by atoms with Gasteiger partial charge in [-0.25, -0.2) is 21.9 Å². The Morgan fingerprint density at radius 3 is 2.15 bits per heavy atom. The maximum absolute atomic E-state index is 12.8. The maximum atomic E-state index is 12.8. The highest BCUT2D eigenvalue weighted by atomic mass is 32.2. The number of halogens is 1. The summed E-state index contributed by atoms with van der Waals surface area (Å²) in [7, 11) is -3.78. The van der Waals surface area contributed by atoms with Crippen molar-refractivity contribution in [1.29, 1.82) is 0 Å². The Labute approximate surface area is 118 Å². The fourth-order valence-corrected chi connectivity index (χ4v) is 2.08. The molecule has 7 heteroatoms. The van der Waals surface area contributed by atoms with Crippen molar-refractivity contribution in [3.8, 4) is 0 Å². The van der Waals surface area contributed by atoms with Gasteiger partial charge in [0.05, 0.1) is 12.8 Å². The molecule has 20 heavy (non-hydrogen) atoms. The van der Waals surface area contributed by atoms with Gasteiger partial charge in [0.1, 0.15) is 11.4 Å². The molecule has 1 rings (SSSR count). The highest BCUT2D eigenvalue weighted by Crippen LogP contribution is 2.15. The summed E-state index contributed by atoms with van der Waals surface area (Å²) in [5, 5.41) is 0. The first kappa shape index (κ1) is 16.4. The smallest absolute Gasteiger partial charge is 0.424 e. The molecule has 0 unspecified atom stereocenters. The molecule has 0 atom stereocenters. The summed E-state index contributed by atoms with van der Waals surface area (Å²) in [6, 6.07) is 5.23. The zero-order chi connectivity index (χ0) is 15.6. The first-order chi connectivity index (χ1) is 8.99. The molecular formula is C13H18FNO4S. The van der Waals surface area contributed by atoms with Crippen molar-refractivity contribution in [2.45, 2.75) is 32.9 Å². The van der Waals surface area contributed by atoms with Crippen molar-refractivity contribution >= 4 is 16.1 Å². The summed E-state index contributed by atoms with van der Waals surface area (Å²) in [5.41, 5.74) is -0.314. The van der Waals surface area contributed by atoms with Crippen LogP contribution < -0.4 is 0 Å². The van der Waals surface area contributed by atoms with Gasteiger partial charge >= 0.3 is 6.09 Å². The molecule has 0 aliphatic heterocycles. The van der Waals surface area contributed by atoms with Gasteiger partial charge in [0.15, 0.2) is 0 Å². The Bertz CT molecular complexity index is 575. The van der Waals surface area contributed by atoms with E-state index >= 15 is 0 Å². The SMILES string of the molecule is CC(C)(C)OC(=O)N(Cc1ccc(F)cc1)S(C)(=O)=O. The molecule has 0 radical (unpaired) electrons. The number of hydrogen-bond acceptors (Lipinski definition) is 4. The van der Waals surface area contributed by atoms with Crippen LogP contribution >= 0.6 is 0 Å². The highest BCUT2D eigenvalue weighted by Gasteiger charge is 2.28. The minimum Gasteiger partial charge on any atom is -0.443 e. The molecule has 0 N–H and O–H groups in total. The first-order valence-corrected chi connectivity index (χ1v) is 7.79. The molecule has 0 bridgehead atoms. The number of hydrogen-bond donors (Lipinski definition) is 0. The molecule has 0 spiro atoms. The summed E-state index contributed by atoms with van der Waals surface area (Å²) < 4.78 is 41.9. The second-order valence-electron chi connectivity index (χ2n) is 5.38. The molecule has 0 heterocycles. The molecule has 0 saturated carbocycles. The summed E-state index contributed by atoms with van der Waals surface area (Å²) in [6.07, 6.45) is -0.0372. The van der Waals surface area contributed by atoms with Gasteiger partial charge in [0.2, 0.25) is 10.0 Å². The van der Waals surface area contributed by atoms with E-state index in [9.17, 15) is 17.6 Å². The molecule has 1 amide bonds. The van der Waals surface area contributed by atoms with Crippen LogP contribution in [0.3, 0.4) is 0 Å². The van der Waals surface area contributed by atoms with E-state index in [2.05, 4.69) is 0 Å². The third-order valence-electron chi connectivity index (χ3n) is 2.24. The van der Waals surface area contributed by atoms with E-state index in [0.717, 1.165) is 6.26 Å². The van der Waals surface area contributed by atoms with Crippen LogP contribution in [0.2, 0.25) is 0 Å². The van der Waals surface area contributed by atoms with Gasteiger partial charge < -0.3 is 4.74 Å². The average Bonchev–Trinajstić information content (AvgIpc) is 2.24. The van der Waals surface area contributed by atoms with Crippen molar-refractivity contribution in [3.05, 3.63) is 35.6 Å². The molecule has 0 fully saturated rings. The Hall–Kier alpha value is -1.63. The molecule has 5 nitrogen and oxygen atoms in total. The largest absolute Gasteiger partial charge is 0.443 e. The van der Waals surface area contributed by atoms with E-state index in [1.807, 2.05) is 0 Å². The Balaban J connectivity index is 2.97. The third-order valence-corrected chi connectivity index (χ3v) is 3.32. The topological polar surface area (TPSA) is 63.7 Å². The van der Waals surface area contributed by atoms with Crippen molar-refractivity contribution in [3.63, 3.8) is 0 Å². The number of rotatable bonds is 3. The molecule has 1 aromatic rings. The lowest BCUT2D eigenvalue weighted by Gasteiger charge is -2.25. The molecule has 0 aliphatic carbocycles. The van der Waals surface area contributed by atoms with Crippen LogP contribution in [0.4, 0.5) is 9.18 Å². The van der Waals surface area contributed by atoms with E-state index in [-0.39, 0.29) is 6.54 Å². The quantitative estimate of drug-likeness (QED) is 0.860. The number of carbonyl (C=O) groups is 1. The van der Waals surface area contributed by atoms with Crippen LogP contribution in [-0.4, -0.2) is 30.7 Å². The van der Waals surface area contributed by atoms with Gasteiger partial charge in [-0.3, -0.25) is 0 Å². The third kappa shape index (κ3) is 5.16. The summed E-state index contributed by atoms with van der Waals surface area (Å²) in [4.78, 5) is 11.9. The molecule has 0 aliphatic rings. The Morgan fingerprint density at radius 2 is 1.75 bits per heavy atom. The van der Waals surface area contributed by atoms with E-state index < -0.39 is 27.5 Å². The monoisotopic (exact) mass is 303 g/mol. The van der Waals surface area contributed by atoms with E-state index in [1.54, 1.807) is 20.8 Å². The van der Waals surface area contributed by atoms with Crippen LogP contribution in [0.1, 0.15) is 26.3 Å². The van der Waals surface area contributed by atoms with E-state index in [0.29, 0.717) is 9.87 Å². The lowest BCUT2D eigenvalue weighted by atomic mass is 10.2. The minimum atomic E-state index is -3.78. The lowest BCUT2D eigenvalue weighted by Crippen LogP contribution is -2.39. The Morgan fingerprint density at radius 1 is 1.25 bits per heavy atom. The molecule has 112 valence electrons. The van der Waals surface area contributed by atoms with Crippen LogP contribution in [0.15, 0.2) is 24.3 Å². The van der Waals surface area contributed by atoms with Crippen LogP contribution in [0.25, 0.3) is 0 Å². The van der Waals surface area contributed by atoms with E-state index in [4.69, 9.17) is 4.74 Å². The van der Waals surface area contributed by atoms with Crippen LogP contribution in [-0.2, 0) is 21.3 Å². The van der Waals surface area contributed by atoms with Crippen molar-refractivity contribution in [1.82, 2.24) is 4.31 Å². The van der Waals surface area contributed by atoms with Gasteiger partial charge in [-0.15, -0.1) is 0 Å². The lowest BCUT2D eigenvalue weighted by molar-refractivity contribution is 0.0382. The van der Waals surface area contributed by atoms with Crippen molar-refractivity contribution in [2.75, 3.05) is 6.26 Å². The maximum Gasteiger partial charge on any atom is 0.424 e. The number of carbonyl (C=O) groups excluding carboxylic acids is 1. The number of ether oxygens (including phenoxy) is 1. The summed E-state index contributed by atoms with van der Waals surface area (Å²) in [5.74, 6) is -0.433. The van der Waals surface area contributed by atoms with Gasteiger partial charge in [-0.2, -0.15) is 0 Å². The fraction of sp³-hybridized carbons (Fsp3) is 0.462. The molecule has 1 aromatic carbocycles. The molecular weight excluding hydrogens is 285 g/mol. The van der Waals surface area contributed by atoms with E-state index in [1.165, 1.54) is 24.3 Å². The molecule has 0 aromatic heterocycles. The summed E-state index contributed by atoms with van der Waals surface area (Å²) >= 11 is 0. The summed E-state index contributed by atoms with van der Waals surface area (Å²) in [6.45, 7) is 4.73. The molecule has 0 saturated heterocycles. The van der Waals surface area contributed by atoms with Gasteiger partial charge in [0, 0.05) is 0 Å². The second kappa shape index (κ2) is 5.78. The van der Waals surface area contributed by atoms with Gasteiger partial charge in [0.25, 0.3) is 0 Å². The minimum absolute atomic E-state index is 0.200. The average molecular weight is 303 g/mol. The van der Waals surface area contributed by atoms with Crippen molar-refractivity contribution < 1.29 is 22.3 Å². The zero-order valence-corrected chi connectivity index (χ0v) is 12.7. The predicted octanol–water partition coefficient (Wildman–Crippen LogP) is 2.52. The van der Waals surface area contributed by atoms with Gasteiger partial charge in [-0.1, -0.05) is 12.1 Å². The highest BCUT2D eigenvalue weighted by molar-refractivity contribution is 7.88. The number of amides is 1. The normalized spacial score (nSPS) is 12.1. The second-order valence-corrected chi connectivity index (χ2v) is 7.28. The predicted molar refractivity (Wildman–Crippen MR) is 73.0 cm³/mol. The zero-order valence-electron chi connectivity index (χ0n) is 11.9. The first-order valence-electron chi connectivity index (χ1n) is 5.94. The van der Waals surface area contributed by atoms with Crippen LogP contribution in [0.5, 0.6) is 0 Å². The number of sulfonamides is 1. The standard InChI is InChI=1S/C13H18FNO4S/c1-13(2,3)19-12(16)15(20(4,17)18)9-10-5-7-11(14)8-6-10/h5-8H,9H2,1-4H3. The van der Waals surface area contributed by atoms with Crippen molar-refractivity contribution in [2.24, 2.45) is 0 Å². The number of benzene rings is 1. The number of nitrogens with zero attached hydrogens (tertiary/aromatic N) is 1. The Kier molecular flexibility index (Phi) is 4.75. The fourth-order valence-electron chi connectivity index (χ4n) is 1.39. The van der Waals surface area contributed by atoms with Crippen LogP contribution in [0, 0.1) is 5.82 Å².